The molecule has 0 radical (unpaired) electrons. The summed E-state index contributed by atoms with van der Waals surface area (Å²) < 4.78 is 7.21. The highest BCUT2D eigenvalue weighted by atomic mass is 32.1. The minimum atomic E-state index is -0.131. The highest BCUT2D eigenvalue weighted by Crippen LogP contribution is 2.36. The summed E-state index contributed by atoms with van der Waals surface area (Å²) in [7, 11) is 0. The van der Waals surface area contributed by atoms with Gasteiger partial charge in [0.25, 0.3) is 5.56 Å². The molecule has 1 saturated carbocycles. The molecular weight excluding hydrogens is 312 g/mol. The van der Waals surface area contributed by atoms with Crippen molar-refractivity contribution < 1.29 is 9.53 Å². The molecule has 1 fully saturated rings. The number of Topliss-reactive ketones (excluding diaryl/α,β-unsaturated/α-hetero) is 1. The first kappa shape index (κ1) is 14.1. The van der Waals surface area contributed by atoms with Crippen molar-refractivity contribution in [3.63, 3.8) is 0 Å². The van der Waals surface area contributed by atoms with Gasteiger partial charge in [0.2, 0.25) is 0 Å². The molecule has 1 aliphatic rings. The molecule has 116 valence electrons. The quantitative estimate of drug-likeness (QED) is 0.676. The molecule has 0 saturated heterocycles. The summed E-state index contributed by atoms with van der Waals surface area (Å²) in [6.07, 6.45) is 1.89. The average molecular weight is 326 g/mol. The van der Waals surface area contributed by atoms with Crippen LogP contribution in [0.5, 0.6) is 6.01 Å². The Bertz CT molecular complexity index is 926. The predicted molar refractivity (Wildman–Crippen MR) is 88.4 cm³/mol. The minimum Gasteiger partial charge on any atom is -0.456 e. The summed E-state index contributed by atoms with van der Waals surface area (Å²) in [5.74, 6) is -0.131. The lowest BCUT2D eigenvalue weighted by Gasteiger charge is -2.11. The summed E-state index contributed by atoms with van der Waals surface area (Å²) in [6.45, 7) is -0.125. The van der Waals surface area contributed by atoms with Crippen LogP contribution in [0.1, 0.15) is 29.2 Å². The highest BCUT2D eigenvalue weighted by Gasteiger charge is 2.29. The lowest BCUT2D eigenvalue weighted by Crippen LogP contribution is -2.24. The van der Waals surface area contributed by atoms with Gasteiger partial charge in [0.1, 0.15) is 4.83 Å². The SMILES string of the molecule is O=C(COc1nc2sccc2c(=O)n1C1CC1)c1ccccc1. The van der Waals surface area contributed by atoms with E-state index in [1.54, 1.807) is 22.8 Å². The smallest absolute Gasteiger partial charge is 0.301 e. The highest BCUT2D eigenvalue weighted by molar-refractivity contribution is 7.16. The van der Waals surface area contributed by atoms with Gasteiger partial charge in [-0.15, -0.1) is 11.3 Å². The van der Waals surface area contributed by atoms with E-state index in [2.05, 4.69) is 4.98 Å². The second-order valence-electron chi connectivity index (χ2n) is 5.52. The first-order valence-corrected chi connectivity index (χ1v) is 8.33. The van der Waals surface area contributed by atoms with E-state index in [1.165, 1.54) is 11.3 Å². The molecule has 0 aliphatic heterocycles. The summed E-state index contributed by atoms with van der Waals surface area (Å²) in [5.41, 5.74) is 0.505. The summed E-state index contributed by atoms with van der Waals surface area (Å²) in [4.78, 5) is 29.8. The van der Waals surface area contributed by atoms with Crippen LogP contribution in [0, 0.1) is 0 Å². The van der Waals surface area contributed by atoms with Gasteiger partial charge in [-0.2, -0.15) is 4.98 Å². The van der Waals surface area contributed by atoms with Gasteiger partial charge in [0, 0.05) is 11.6 Å². The van der Waals surface area contributed by atoms with Gasteiger partial charge in [-0.25, -0.2) is 0 Å². The second-order valence-corrected chi connectivity index (χ2v) is 6.41. The minimum absolute atomic E-state index is 0.0825. The number of hydrogen-bond acceptors (Lipinski definition) is 5. The molecular formula is C17H14N2O3S. The van der Waals surface area contributed by atoms with Crippen LogP contribution >= 0.6 is 11.3 Å². The van der Waals surface area contributed by atoms with E-state index in [0.717, 1.165) is 12.8 Å². The van der Waals surface area contributed by atoms with E-state index in [-0.39, 0.29) is 30.0 Å². The maximum Gasteiger partial charge on any atom is 0.301 e. The maximum atomic E-state index is 12.6. The third kappa shape index (κ3) is 2.66. The van der Waals surface area contributed by atoms with Gasteiger partial charge in [0.15, 0.2) is 12.4 Å². The van der Waals surface area contributed by atoms with Crippen LogP contribution in [0.25, 0.3) is 10.2 Å². The maximum absolute atomic E-state index is 12.6. The lowest BCUT2D eigenvalue weighted by atomic mass is 10.1. The molecule has 0 spiro atoms. The Morgan fingerprint density at radius 3 is 2.78 bits per heavy atom. The van der Waals surface area contributed by atoms with Gasteiger partial charge < -0.3 is 4.74 Å². The van der Waals surface area contributed by atoms with Crippen LogP contribution < -0.4 is 10.3 Å². The predicted octanol–water partition coefficient (Wildman–Crippen LogP) is 3.05. The first-order valence-electron chi connectivity index (χ1n) is 7.45. The monoisotopic (exact) mass is 326 g/mol. The molecule has 1 aromatic carbocycles. The van der Waals surface area contributed by atoms with E-state index >= 15 is 0 Å². The molecule has 5 nitrogen and oxygen atoms in total. The molecule has 23 heavy (non-hydrogen) atoms. The number of ether oxygens (including phenoxy) is 1. The molecule has 0 N–H and O–H groups in total. The van der Waals surface area contributed by atoms with E-state index in [0.29, 0.717) is 15.8 Å². The number of ketones is 1. The van der Waals surface area contributed by atoms with Crippen LogP contribution in [0.15, 0.2) is 46.6 Å². The third-order valence-corrected chi connectivity index (χ3v) is 4.64. The van der Waals surface area contributed by atoms with E-state index in [4.69, 9.17) is 4.74 Å². The lowest BCUT2D eigenvalue weighted by molar-refractivity contribution is 0.0909. The van der Waals surface area contributed by atoms with Crippen molar-refractivity contribution in [2.24, 2.45) is 0 Å². The zero-order valence-electron chi connectivity index (χ0n) is 12.3. The summed E-state index contributed by atoms with van der Waals surface area (Å²) >= 11 is 1.40. The van der Waals surface area contributed by atoms with Crippen LogP contribution in [-0.4, -0.2) is 21.9 Å². The molecule has 4 rings (SSSR count). The van der Waals surface area contributed by atoms with Crippen molar-refractivity contribution in [1.29, 1.82) is 0 Å². The largest absolute Gasteiger partial charge is 0.456 e. The molecule has 2 aromatic heterocycles. The average Bonchev–Trinajstić information content (AvgIpc) is 3.30. The van der Waals surface area contributed by atoms with Crippen LogP contribution in [-0.2, 0) is 0 Å². The standard InChI is InChI=1S/C17H14N2O3S/c20-14(11-4-2-1-3-5-11)10-22-17-18-15-13(8-9-23-15)16(21)19(17)12-6-7-12/h1-5,8-9,12H,6-7,10H2. The fourth-order valence-electron chi connectivity index (χ4n) is 2.50. The molecule has 3 aromatic rings. The topological polar surface area (TPSA) is 61.2 Å². The van der Waals surface area contributed by atoms with Crippen molar-refractivity contribution in [1.82, 2.24) is 9.55 Å². The van der Waals surface area contributed by atoms with E-state index in [9.17, 15) is 9.59 Å². The first-order chi connectivity index (χ1) is 11.2. The van der Waals surface area contributed by atoms with Crippen molar-refractivity contribution in [2.75, 3.05) is 6.61 Å². The number of hydrogen-bond donors (Lipinski definition) is 0. The number of carbonyl (C=O) groups excluding carboxylic acids is 1. The molecule has 0 atom stereocenters. The van der Waals surface area contributed by atoms with Gasteiger partial charge in [0.05, 0.1) is 5.39 Å². The molecule has 0 bridgehead atoms. The van der Waals surface area contributed by atoms with Crippen molar-refractivity contribution in [3.8, 4) is 6.01 Å². The Kier molecular flexibility index (Phi) is 3.46. The second kappa shape index (κ2) is 5.62. The third-order valence-electron chi connectivity index (χ3n) is 3.84. The van der Waals surface area contributed by atoms with E-state index < -0.39 is 0 Å². The Balaban J connectivity index is 1.65. The summed E-state index contributed by atoms with van der Waals surface area (Å²) in [6, 6.07) is 11.1. The normalized spacial score (nSPS) is 14.1. The summed E-state index contributed by atoms with van der Waals surface area (Å²) in [5, 5.41) is 2.46. The zero-order valence-corrected chi connectivity index (χ0v) is 13.1. The molecule has 1 aliphatic carbocycles. The zero-order chi connectivity index (χ0) is 15.8. The number of fused-ring (bicyclic) bond motifs is 1. The van der Waals surface area contributed by atoms with Crippen LogP contribution in [0.3, 0.4) is 0 Å². The Morgan fingerprint density at radius 1 is 1.26 bits per heavy atom. The van der Waals surface area contributed by atoms with Gasteiger partial charge in [-0.05, 0) is 24.3 Å². The molecule has 6 heteroatoms. The Morgan fingerprint density at radius 2 is 2.04 bits per heavy atom. The van der Waals surface area contributed by atoms with Gasteiger partial charge in [-0.3, -0.25) is 14.2 Å². The van der Waals surface area contributed by atoms with Crippen molar-refractivity contribution >= 4 is 27.3 Å². The van der Waals surface area contributed by atoms with Crippen molar-refractivity contribution in [2.45, 2.75) is 18.9 Å². The number of rotatable bonds is 5. The van der Waals surface area contributed by atoms with Crippen LogP contribution in [0.4, 0.5) is 0 Å². The molecule has 2 heterocycles. The Hall–Kier alpha value is -2.47. The number of aromatic nitrogens is 2. The molecule has 0 amide bonds. The van der Waals surface area contributed by atoms with Crippen LogP contribution in [0.2, 0.25) is 0 Å². The number of thiophene rings is 1. The molecule has 0 unspecified atom stereocenters. The van der Waals surface area contributed by atoms with E-state index in [1.807, 2.05) is 23.6 Å². The fraction of sp³-hybridized carbons (Fsp3) is 0.235. The number of benzene rings is 1. The van der Waals surface area contributed by atoms with Gasteiger partial charge in [-0.1, -0.05) is 30.3 Å². The number of nitrogens with zero attached hydrogens (tertiary/aromatic N) is 2. The number of carbonyl (C=O) groups is 1. The fourth-order valence-corrected chi connectivity index (χ4v) is 3.25. The van der Waals surface area contributed by atoms with Crippen molar-refractivity contribution in [3.05, 3.63) is 57.7 Å². The Labute approximate surface area is 136 Å². The van der Waals surface area contributed by atoms with Gasteiger partial charge >= 0.3 is 6.01 Å².